The first kappa shape index (κ1) is 12.6. The lowest BCUT2D eigenvalue weighted by atomic mass is 10.1. The molecule has 1 aromatic carbocycles. The van der Waals surface area contributed by atoms with E-state index in [1.54, 1.807) is 0 Å². The van der Waals surface area contributed by atoms with Gasteiger partial charge in [-0.2, -0.15) is 13.2 Å². The van der Waals surface area contributed by atoms with Crippen LogP contribution in [0.4, 0.5) is 13.2 Å². The van der Waals surface area contributed by atoms with Crippen molar-refractivity contribution in [2.45, 2.75) is 6.18 Å². The van der Waals surface area contributed by atoms with Gasteiger partial charge in [0.25, 0.3) is 0 Å². The van der Waals surface area contributed by atoms with Gasteiger partial charge in [0.1, 0.15) is 0 Å². The fourth-order valence-corrected chi connectivity index (χ4v) is 1.35. The maximum absolute atomic E-state index is 12.4. The van der Waals surface area contributed by atoms with Crippen LogP contribution in [0.25, 0.3) is 6.08 Å². The lowest BCUT2D eigenvalue weighted by molar-refractivity contribution is -0.137. The summed E-state index contributed by atoms with van der Waals surface area (Å²) < 4.78 is 37.2. The maximum atomic E-state index is 12.4. The van der Waals surface area contributed by atoms with Gasteiger partial charge >= 0.3 is 12.1 Å². The van der Waals surface area contributed by atoms with E-state index in [-0.39, 0.29) is 5.56 Å². The second-order valence-corrected chi connectivity index (χ2v) is 3.26. The van der Waals surface area contributed by atoms with Gasteiger partial charge in [0.15, 0.2) is 0 Å². The van der Waals surface area contributed by atoms with E-state index in [4.69, 9.17) is 16.7 Å². The minimum Gasteiger partial charge on any atom is -0.478 e. The molecule has 0 fully saturated rings. The van der Waals surface area contributed by atoms with Gasteiger partial charge in [-0.1, -0.05) is 23.7 Å². The molecule has 0 saturated carbocycles. The van der Waals surface area contributed by atoms with Crippen molar-refractivity contribution in [3.8, 4) is 0 Å². The number of alkyl halides is 3. The smallest absolute Gasteiger partial charge is 0.417 e. The van der Waals surface area contributed by atoms with E-state index in [1.165, 1.54) is 6.07 Å². The summed E-state index contributed by atoms with van der Waals surface area (Å²) >= 11 is 5.51. The van der Waals surface area contributed by atoms with E-state index in [2.05, 4.69) is 0 Å². The van der Waals surface area contributed by atoms with Gasteiger partial charge in [0, 0.05) is 6.08 Å². The van der Waals surface area contributed by atoms with Gasteiger partial charge in [-0.3, -0.25) is 0 Å². The molecule has 86 valence electrons. The van der Waals surface area contributed by atoms with Crippen LogP contribution < -0.4 is 0 Å². The van der Waals surface area contributed by atoms with Crippen molar-refractivity contribution in [2.75, 3.05) is 0 Å². The number of halogens is 4. The largest absolute Gasteiger partial charge is 0.478 e. The first-order valence-electron chi connectivity index (χ1n) is 4.09. The first-order valence-corrected chi connectivity index (χ1v) is 4.47. The molecule has 0 aliphatic carbocycles. The van der Waals surface area contributed by atoms with Crippen LogP contribution in [-0.4, -0.2) is 11.1 Å². The van der Waals surface area contributed by atoms with E-state index in [0.717, 1.165) is 24.3 Å². The Morgan fingerprint density at radius 2 is 2.00 bits per heavy atom. The molecule has 1 aromatic rings. The predicted molar refractivity (Wildman–Crippen MR) is 53.1 cm³/mol. The summed E-state index contributed by atoms with van der Waals surface area (Å²) in [7, 11) is 0. The normalized spacial score (nSPS) is 12.0. The highest BCUT2D eigenvalue weighted by molar-refractivity contribution is 6.33. The second kappa shape index (κ2) is 4.57. The molecular weight excluding hydrogens is 245 g/mol. The van der Waals surface area contributed by atoms with Crippen LogP contribution in [0.1, 0.15) is 11.1 Å². The van der Waals surface area contributed by atoms with Gasteiger partial charge < -0.3 is 5.11 Å². The fraction of sp³-hybridized carbons (Fsp3) is 0.100. The first-order chi connectivity index (χ1) is 7.32. The van der Waals surface area contributed by atoms with Crippen molar-refractivity contribution in [3.05, 3.63) is 40.4 Å². The van der Waals surface area contributed by atoms with Crippen molar-refractivity contribution >= 4 is 23.6 Å². The SMILES string of the molecule is O=C(O)/C=C/c1cccc(C(F)(F)F)c1Cl. The van der Waals surface area contributed by atoms with Gasteiger partial charge in [-0.05, 0) is 17.7 Å². The third-order valence-electron chi connectivity index (χ3n) is 1.74. The Morgan fingerprint density at radius 3 is 2.50 bits per heavy atom. The molecule has 0 aliphatic heterocycles. The Morgan fingerprint density at radius 1 is 1.38 bits per heavy atom. The van der Waals surface area contributed by atoms with Crippen LogP contribution in [0.5, 0.6) is 0 Å². The molecule has 0 saturated heterocycles. The summed E-state index contributed by atoms with van der Waals surface area (Å²) in [4.78, 5) is 10.2. The summed E-state index contributed by atoms with van der Waals surface area (Å²) in [6.45, 7) is 0. The van der Waals surface area contributed by atoms with Crippen LogP contribution >= 0.6 is 11.6 Å². The molecule has 0 spiro atoms. The third-order valence-corrected chi connectivity index (χ3v) is 2.16. The van der Waals surface area contributed by atoms with Gasteiger partial charge in [0.2, 0.25) is 0 Å². The molecule has 0 bridgehead atoms. The summed E-state index contributed by atoms with van der Waals surface area (Å²) in [6, 6.07) is 3.30. The highest BCUT2D eigenvalue weighted by atomic mass is 35.5. The number of aliphatic carboxylic acids is 1. The molecule has 1 rings (SSSR count). The van der Waals surface area contributed by atoms with Crippen molar-refractivity contribution in [1.29, 1.82) is 0 Å². The molecule has 0 aromatic heterocycles. The van der Waals surface area contributed by atoms with Crippen LogP contribution in [0.3, 0.4) is 0 Å². The maximum Gasteiger partial charge on any atom is 0.417 e. The Kier molecular flexibility index (Phi) is 3.59. The number of carbonyl (C=O) groups is 1. The predicted octanol–water partition coefficient (Wildman–Crippen LogP) is 3.46. The van der Waals surface area contributed by atoms with Crippen molar-refractivity contribution < 1.29 is 23.1 Å². The van der Waals surface area contributed by atoms with Crippen LogP contribution in [0.2, 0.25) is 5.02 Å². The van der Waals surface area contributed by atoms with Crippen molar-refractivity contribution in [2.24, 2.45) is 0 Å². The Bertz CT molecular complexity index is 438. The number of carboxylic acids is 1. The minimum atomic E-state index is -4.55. The monoisotopic (exact) mass is 250 g/mol. The highest BCUT2D eigenvalue weighted by Crippen LogP contribution is 2.36. The van der Waals surface area contributed by atoms with E-state index >= 15 is 0 Å². The quantitative estimate of drug-likeness (QED) is 0.816. The number of hydrogen-bond acceptors (Lipinski definition) is 1. The zero-order valence-electron chi connectivity index (χ0n) is 7.75. The molecule has 0 atom stereocenters. The van der Waals surface area contributed by atoms with Crippen LogP contribution in [0, 0.1) is 0 Å². The minimum absolute atomic E-state index is 0.0129. The molecule has 16 heavy (non-hydrogen) atoms. The Balaban J connectivity index is 3.19. The molecule has 1 N–H and O–H groups in total. The second-order valence-electron chi connectivity index (χ2n) is 2.88. The Hall–Kier alpha value is -1.49. The number of hydrogen-bond donors (Lipinski definition) is 1. The molecule has 0 unspecified atom stereocenters. The fourth-order valence-electron chi connectivity index (χ4n) is 1.06. The van der Waals surface area contributed by atoms with E-state index in [9.17, 15) is 18.0 Å². The van der Waals surface area contributed by atoms with Crippen molar-refractivity contribution in [3.63, 3.8) is 0 Å². The molecule has 0 aliphatic rings. The molecule has 0 heterocycles. The van der Waals surface area contributed by atoms with Crippen molar-refractivity contribution in [1.82, 2.24) is 0 Å². The van der Waals surface area contributed by atoms with Gasteiger partial charge in [-0.15, -0.1) is 0 Å². The average Bonchev–Trinajstić information content (AvgIpc) is 2.14. The molecule has 2 nitrogen and oxygen atoms in total. The summed E-state index contributed by atoms with van der Waals surface area (Å²) in [6.07, 6.45) is -2.81. The molecule has 6 heteroatoms. The van der Waals surface area contributed by atoms with E-state index < -0.39 is 22.7 Å². The summed E-state index contributed by atoms with van der Waals surface area (Å²) in [5.74, 6) is -1.26. The Labute approximate surface area is 94.0 Å². The highest BCUT2D eigenvalue weighted by Gasteiger charge is 2.33. The third kappa shape index (κ3) is 3.00. The molecule has 0 radical (unpaired) electrons. The standard InChI is InChI=1S/C10H6ClF3O2/c11-9-6(4-5-8(15)16)2-1-3-7(9)10(12,13)14/h1-5H,(H,15,16)/b5-4+. The molecular formula is C10H6ClF3O2. The zero-order valence-corrected chi connectivity index (χ0v) is 8.51. The lowest BCUT2D eigenvalue weighted by Gasteiger charge is -2.10. The van der Waals surface area contributed by atoms with Gasteiger partial charge in [-0.25, -0.2) is 4.79 Å². The summed E-state index contributed by atoms with van der Waals surface area (Å²) in [5.41, 5.74) is -0.972. The molecule has 0 amide bonds. The number of carboxylic acid groups (broad SMARTS) is 1. The van der Waals surface area contributed by atoms with Crippen LogP contribution in [-0.2, 0) is 11.0 Å². The van der Waals surface area contributed by atoms with E-state index in [1.807, 2.05) is 0 Å². The number of rotatable bonds is 2. The van der Waals surface area contributed by atoms with Crippen LogP contribution in [0.15, 0.2) is 24.3 Å². The summed E-state index contributed by atoms with van der Waals surface area (Å²) in [5, 5.41) is 7.84. The lowest BCUT2D eigenvalue weighted by Crippen LogP contribution is -2.06. The van der Waals surface area contributed by atoms with E-state index in [0.29, 0.717) is 0 Å². The van der Waals surface area contributed by atoms with Gasteiger partial charge in [0.05, 0.1) is 10.6 Å². The number of benzene rings is 1. The average molecular weight is 251 g/mol. The topological polar surface area (TPSA) is 37.3 Å². The zero-order chi connectivity index (χ0) is 12.3.